The Kier molecular flexibility index (Phi) is 4.62. The van der Waals surface area contributed by atoms with Crippen LogP contribution in [0.15, 0.2) is 28.9 Å². The Labute approximate surface area is 123 Å². The molecular formula is C16H19NO4. The average Bonchev–Trinajstić information content (AvgIpc) is 2.86. The van der Waals surface area contributed by atoms with Gasteiger partial charge in [-0.2, -0.15) is 0 Å². The zero-order valence-electron chi connectivity index (χ0n) is 12.5. The van der Waals surface area contributed by atoms with Crippen molar-refractivity contribution in [3.63, 3.8) is 0 Å². The van der Waals surface area contributed by atoms with E-state index in [0.717, 1.165) is 22.1 Å². The molecule has 1 aromatic carbocycles. The molecule has 2 rings (SSSR count). The largest absolute Gasteiger partial charge is 0.468 e. The number of amides is 1. The van der Waals surface area contributed by atoms with E-state index in [9.17, 15) is 9.59 Å². The van der Waals surface area contributed by atoms with E-state index in [2.05, 4.69) is 4.74 Å². The Bertz CT molecular complexity index is 659. The number of carbonyl (C=O) groups is 2. The minimum Gasteiger partial charge on any atom is -0.468 e. The number of likely N-dealkylation sites (N-methyl/N-ethyl adjacent to an activating group) is 1. The number of rotatable bonds is 5. The fraction of sp³-hybridized carbons (Fsp3) is 0.375. The maximum absolute atomic E-state index is 12.3. The molecule has 5 nitrogen and oxygen atoms in total. The number of fused-ring (bicyclic) bond motifs is 1. The first kappa shape index (κ1) is 15.1. The standard InChI is InChI=1S/C16H19NO4/c1-4-17(9-16(19)20-3)15(18)8-12-10-21-14-7-11(2)5-6-13(12)14/h5-7,10H,4,8-9H2,1-3H3. The molecule has 0 aliphatic rings. The molecule has 1 amide bonds. The lowest BCUT2D eigenvalue weighted by molar-refractivity contribution is -0.146. The van der Waals surface area contributed by atoms with Crippen molar-refractivity contribution in [2.45, 2.75) is 20.3 Å². The fourth-order valence-electron chi connectivity index (χ4n) is 2.20. The molecule has 21 heavy (non-hydrogen) atoms. The molecule has 112 valence electrons. The molecule has 0 N–H and O–H groups in total. The number of benzene rings is 1. The molecule has 5 heteroatoms. The molecule has 1 heterocycles. The van der Waals surface area contributed by atoms with Crippen LogP contribution >= 0.6 is 0 Å². The summed E-state index contributed by atoms with van der Waals surface area (Å²) in [5, 5.41) is 0.933. The summed E-state index contributed by atoms with van der Waals surface area (Å²) in [5.74, 6) is -0.538. The van der Waals surface area contributed by atoms with Gasteiger partial charge in [0.05, 0.1) is 19.8 Å². The highest BCUT2D eigenvalue weighted by Gasteiger charge is 2.18. The van der Waals surface area contributed by atoms with Gasteiger partial charge in [0.25, 0.3) is 0 Å². The highest BCUT2D eigenvalue weighted by Crippen LogP contribution is 2.23. The van der Waals surface area contributed by atoms with Crippen molar-refractivity contribution in [1.82, 2.24) is 4.90 Å². The number of nitrogens with zero attached hydrogens (tertiary/aromatic N) is 1. The Morgan fingerprint density at radius 1 is 1.33 bits per heavy atom. The van der Waals surface area contributed by atoms with Gasteiger partial charge in [0.2, 0.25) is 5.91 Å². The molecule has 2 aromatic rings. The highest BCUT2D eigenvalue weighted by atomic mass is 16.5. The van der Waals surface area contributed by atoms with E-state index in [1.807, 2.05) is 32.0 Å². The third-order valence-corrected chi connectivity index (χ3v) is 3.43. The maximum Gasteiger partial charge on any atom is 0.325 e. The molecule has 0 radical (unpaired) electrons. The van der Waals surface area contributed by atoms with Crippen molar-refractivity contribution in [3.05, 3.63) is 35.6 Å². The Morgan fingerprint density at radius 3 is 2.76 bits per heavy atom. The number of aryl methyl sites for hydroxylation is 1. The van der Waals surface area contributed by atoms with E-state index in [1.54, 1.807) is 6.26 Å². The van der Waals surface area contributed by atoms with Crippen molar-refractivity contribution in [3.8, 4) is 0 Å². The lowest BCUT2D eigenvalue weighted by Crippen LogP contribution is -2.36. The van der Waals surface area contributed by atoms with Gasteiger partial charge in [-0.1, -0.05) is 12.1 Å². The molecule has 0 aliphatic heterocycles. The molecule has 1 aromatic heterocycles. The van der Waals surface area contributed by atoms with Gasteiger partial charge in [0.15, 0.2) is 0 Å². The molecule has 0 atom stereocenters. The quantitative estimate of drug-likeness (QED) is 0.792. The van der Waals surface area contributed by atoms with Crippen LogP contribution in [0.5, 0.6) is 0 Å². The summed E-state index contributed by atoms with van der Waals surface area (Å²) in [7, 11) is 1.31. The number of hydrogen-bond donors (Lipinski definition) is 0. The van der Waals surface area contributed by atoms with Crippen LogP contribution in [0.2, 0.25) is 0 Å². The molecule has 0 aliphatic carbocycles. The number of methoxy groups -OCH3 is 1. The topological polar surface area (TPSA) is 59.8 Å². The summed E-state index contributed by atoms with van der Waals surface area (Å²) in [6.07, 6.45) is 1.81. The monoisotopic (exact) mass is 289 g/mol. The van der Waals surface area contributed by atoms with Crippen LogP contribution in [0.25, 0.3) is 11.0 Å². The van der Waals surface area contributed by atoms with Crippen molar-refractivity contribution in [2.24, 2.45) is 0 Å². The van der Waals surface area contributed by atoms with Gasteiger partial charge in [-0.05, 0) is 25.5 Å². The van der Waals surface area contributed by atoms with Gasteiger partial charge < -0.3 is 14.1 Å². The predicted molar refractivity (Wildman–Crippen MR) is 78.9 cm³/mol. The van der Waals surface area contributed by atoms with Gasteiger partial charge >= 0.3 is 5.97 Å². The van der Waals surface area contributed by atoms with E-state index in [4.69, 9.17) is 4.42 Å². The zero-order valence-corrected chi connectivity index (χ0v) is 12.5. The maximum atomic E-state index is 12.3. The SMILES string of the molecule is CCN(CC(=O)OC)C(=O)Cc1coc2cc(C)ccc12. The summed E-state index contributed by atoms with van der Waals surface area (Å²) in [4.78, 5) is 25.1. The van der Waals surface area contributed by atoms with Gasteiger partial charge in [-0.3, -0.25) is 9.59 Å². The normalized spacial score (nSPS) is 10.6. The van der Waals surface area contributed by atoms with E-state index < -0.39 is 5.97 Å². The number of furan rings is 1. The first-order chi connectivity index (χ1) is 10.0. The van der Waals surface area contributed by atoms with Crippen molar-refractivity contribution in [1.29, 1.82) is 0 Å². The lowest BCUT2D eigenvalue weighted by Gasteiger charge is -2.19. The molecular weight excluding hydrogens is 270 g/mol. The second kappa shape index (κ2) is 6.43. The van der Waals surface area contributed by atoms with Crippen LogP contribution < -0.4 is 0 Å². The zero-order chi connectivity index (χ0) is 15.4. The van der Waals surface area contributed by atoms with Crippen LogP contribution in [0.1, 0.15) is 18.1 Å². The molecule has 0 fully saturated rings. The Balaban J connectivity index is 2.15. The second-order valence-corrected chi connectivity index (χ2v) is 4.92. The van der Waals surface area contributed by atoms with E-state index in [0.29, 0.717) is 6.54 Å². The first-order valence-corrected chi connectivity index (χ1v) is 6.86. The summed E-state index contributed by atoms with van der Waals surface area (Å²) >= 11 is 0. The minimum atomic E-state index is -0.419. The number of hydrogen-bond acceptors (Lipinski definition) is 4. The molecule has 0 saturated carbocycles. The average molecular weight is 289 g/mol. The van der Waals surface area contributed by atoms with Gasteiger partial charge in [0, 0.05) is 17.5 Å². The smallest absolute Gasteiger partial charge is 0.325 e. The number of esters is 1. The number of carbonyl (C=O) groups excluding carboxylic acids is 2. The van der Waals surface area contributed by atoms with Crippen LogP contribution in [-0.2, 0) is 20.7 Å². The molecule has 0 unspecified atom stereocenters. The van der Waals surface area contributed by atoms with Gasteiger partial charge in [-0.15, -0.1) is 0 Å². The third-order valence-electron chi connectivity index (χ3n) is 3.43. The van der Waals surface area contributed by atoms with Crippen molar-refractivity contribution < 1.29 is 18.7 Å². The van der Waals surface area contributed by atoms with Gasteiger partial charge in [0.1, 0.15) is 12.1 Å². The Morgan fingerprint density at radius 2 is 2.10 bits per heavy atom. The summed E-state index contributed by atoms with van der Waals surface area (Å²) in [6, 6.07) is 5.88. The summed E-state index contributed by atoms with van der Waals surface area (Å²) < 4.78 is 10.1. The first-order valence-electron chi connectivity index (χ1n) is 6.86. The third kappa shape index (κ3) is 3.42. The van der Waals surface area contributed by atoms with Crippen LogP contribution in [0.4, 0.5) is 0 Å². The lowest BCUT2D eigenvalue weighted by atomic mass is 10.1. The van der Waals surface area contributed by atoms with Crippen LogP contribution in [0.3, 0.4) is 0 Å². The highest BCUT2D eigenvalue weighted by molar-refractivity contribution is 5.89. The van der Waals surface area contributed by atoms with Crippen LogP contribution in [0, 0.1) is 6.92 Å². The van der Waals surface area contributed by atoms with Crippen molar-refractivity contribution in [2.75, 3.05) is 20.2 Å². The van der Waals surface area contributed by atoms with Crippen LogP contribution in [-0.4, -0.2) is 37.0 Å². The molecule has 0 bridgehead atoms. The van der Waals surface area contributed by atoms with E-state index in [-0.39, 0.29) is 18.9 Å². The Hall–Kier alpha value is -2.30. The van der Waals surface area contributed by atoms with Crippen molar-refractivity contribution >= 4 is 22.8 Å². The van der Waals surface area contributed by atoms with E-state index in [1.165, 1.54) is 12.0 Å². The van der Waals surface area contributed by atoms with E-state index >= 15 is 0 Å². The summed E-state index contributed by atoms with van der Waals surface area (Å²) in [6.45, 7) is 4.25. The molecule has 0 spiro atoms. The minimum absolute atomic E-state index is 0.0271. The number of ether oxygens (including phenoxy) is 1. The predicted octanol–water partition coefficient (Wildman–Crippen LogP) is 2.31. The fourth-order valence-corrected chi connectivity index (χ4v) is 2.20. The summed E-state index contributed by atoms with van der Waals surface area (Å²) in [5.41, 5.74) is 2.71. The second-order valence-electron chi connectivity index (χ2n) is 4.92. The molecule has 0 saturated heterocycles. The van der Waals surface area contributed by atoms with Gasteiger partial charge in [-0.25, -0.2) is 0 Å².